The van der Waals surface area contributed by atoms with Crippen molar-refractivity contribution in [1.82, 2.24) is 9.80 Å². The van der Waals surface area contributed by atoms with Crippen LogP contribution in [0.25, 0.3) is 0 Å². The molecule has 35 heavy (non-hydrogen) atoms. The zero-order valence-corrected chi connectivity index (χ0v) is 19.5. The highest BCUT2D eigenvalue weighted by atomic mass is 16.6. The molecule has 1 heterocycles. The second kappa shape index (κ2) is 12.1. The van der Waals surface area contributed by atoms with Gasteiger partial charge in [0.15, 0.2) is 0 Å². The summed E-state index contributed by atoms with van der Waals surface area (Å²) < 4.78 is 11.4. The van der Waals surface area contributed by atoms with Crippen LogP contribution in [0, 0.1) is 10.1 Å². The highest BCUT2D eigenvalue weighted by Crippen LogP contribution is 2.20. The minimum absolute atomic E-state index is 0.0970. The fourth-order valence-electron chi connectivity index (χ4n) is 3.97. The summed E-state index contributed by atoms with van der Waals surface area (Å²) in [5.41, 5.74) is 2.21. The lowest BCUT2D eigenvalue weighted by Gasteiger charge is -2.30. The fourth-order valence-corrected chi connectivity index (χ4v) is 3.97. The van der Waals surface area contributed by atoms with E-state index in [2.05, 4.69) is 4.90 Å². The predicted molar refractivity (Wildman–Crippen MR) is 132 cm³/mol. The molecule has 3 aromatic rings. The van der Waals surface area contributed by atoms with Gasteiger partial charge in [0.2, 0.25) is 0 Å². The first-order valence-corrected chi connectivity index (χ1v) is 11.7. The quantitative estimate of drug-likeness (QED) is 0.324. The maximum absolute atomic E-state index is 13.4. The minimum atomic E-state index is -0.484. The summed E-state index contributed by atoms with van der Waals surface area (Å²) in [6, 6.07) is 23.5. The first-order chi connectivity index (χ1) is 17.1. The first-order valence-electron chi connectivity index (χ1n) is 11.7. The molecule has 1 aliphatic heterocycles. The molecule has 0 aromatic heterocycles. The van der Waals surface area contributed by atoms with Gasteiger partial charge in [0.05, 0.1) is 18.1 Å². The summed E-state index contributed by atoms with van der Waals surface area (Å²) in [5, 5.41) is 11.2. The summed E-state index contributed by atoms with van der Waals surface area (Å²) in [6.07, 6.45) is 0. The lowest BCUT2D eigenvalue weighted by molar-refractivity contribution is -0.384. The number of carbonyl (C=O) groups is 1. The number of ether oxygens (including phenoxy) is 2. The molecule has 1 fully saturated rings. The van der Waals surface area contributed by atoms with Crippen LogP contribution in [0.5, 0.6) is 5.75 Å². The Bertz CT molecular complexity index is 1130. The zero-order chi connectivity index (χ0) is 24.5. The largest absolute Gasteiger partial charge is 0.489 e. The van der Waals surface area contributed by atoms with Crippen LogP contribution >= 0.6 is 0 Å². The Labute approximate surface area is 204 Å². The van der Waals surface area contributed by atoms with Gasteiger partial charge in [0, 0.05) is 50.4 Å². The number of hydrogen-bond donors (Lipinski definition) is 0. The topological polar surface area (TPSA) is 85.2 Å². The molecule has 1 amide bonds. The van der Waals surface area contributed by atoms with Crippen molar-refractivity contribution in [2.24, 2.45) is 0 Å². The van der Waals surface area contributed by atoms with Crippen LogP contribution in [0.3, 0.4) is 0 Å². The third kappa shape index (κ3) is 7.11. The van der Waals surface area contributed by atoms with Gasteiger partial charge >= 0.3 is 0 Å². The van der Waals surface area contributed by atoms with Gasteiger partial charge in [-0.2, -0.15) is 0 Å². The SMILES string of the molecule is O=C(c1cccc([N+](=O)[O-])c1)N(CCN1CCOCC1)Cc1cccc(OCc2ccccc2)c1. The second-order valence-electron chi connectivity index (χ2n) is 8.41. The summed E-state index contributed by atoms with van der Waals surface area (Å²) in [7, 11) is 0. The average Bonchev–Trinajstić information content (AvgIpc) is 2.91. The number of carbonyl (C=O) groups excluding carboxylic acids is 1. The number of nitrogens with zero attached hydrogens (tertiary/aromatic N) is 3. The van der Waals surface area contributed by atoms with E-state index in [4.69, 9.17) is 9.47 Å². The Hall–Kier alpha value is -3.75. The molecular weight excluding hydrogens is 446 g/mol. The number of rotatable bonds is 10. The van der Waals surface area contributed by atoms with Gasteiger partial charge in [-0.3, -0.25) is 19.8 Å². The first kappa shape index (κ1) is 24.4. The van der Waals surface area contributed by atoms with Crippen LogP contribution in [-0.2, 0) is 17.9 Å². The lowest BCUT2D eigenvalue weighted by atomic mass is 10.1. The molecular formula is C27H29N3O5. The molecule has 3 aromatic carbocycles. The zero-order valence-electron chi connectivity index (χ0n) is 19.5. The third-order valence-electron chi connectivity index (χ3n) is 5.90. The standard InChI is InChI=1S/C27H29N3O5/c31-27(24-9-5-10-25(19-24)30(32)33)29(13-12-28-14-16-34-17-15-28)20-23-8-4-11-26(18-23)35-21-22-6-2-1-3-7-22/h1-11,18-19H,12-17,20-21H2. The molecule has 0 bridgehead atoms. The van der Waals surface area contributed by atoms with Gasteiger partial charge in [0.25, 0.3) is 11.6 Å². The number of hydrogen-bond acceptors (Lipinski definition) is 6. The van der Waals surface area contributed by atoms with E-state index in [1.165, 1.54) is 12.1 Å². The molecule has 1 aliphatic rings. The normalized spacial score (nSPS) is 13.8. The summed E-state index contributed by atoms with van der Waals surface area (Å²) in [6.45, 7) is 5.03. The molecule has 0 spiro atoms. The van der Waals surface area contributed by atoms with Crippen LogP contribution in [0.15, 0.2) is 78.9 Å². The van der Waals surface area contributed by atoms with Gasteiger partial charge in [-0.15, -0.1) is 0 Å². The number of nitro benzene ring substituents is 1. The smallest absolute Gasteiger partial charge is 0.270 e. The van der Waals surface area contributed by atoms with E-state index >= 15 is 0 Å². The van der Waals surface area contributed by atoms with E-state index in [-0.39, 0.29) is 11.6 Å². The molecule has 0 saturated carbocycles. The molecule has 0 radical (unpaired) electrons. The van der Waals surface area contributed by atoms with Crippen LogP contribution in [-0.4, -0.2) is 60.0 Å². The number of non-ortho nitro benzene ring substituents is 1. The molecule has 0 aliphatic carbocycles. The highest BCUT2D eigenvalue weighted by molar-refractivity contribution is 5.94. The maximum atomic E-state index is 13.4. The predicted octanol–water partition coefficient (Wildman–Crippen LogP) is 4.15. The average molecular weight is 476 g/mol. The minimum Gasteiger partial charge on any atom is -0.489 e. The third-order valence-corrected chi connectivity index (χ3v) is 5.90. The molecule has 0 atom stereocenters. The van der Waals surface area contributed by atoms with Gasteiger partial charge in [-0.05, 0) is 29.3 Å². The van der Waals surface area contributed by atoms with Crippen LogP contribution < -0.4 is 4.74 Å². The van der Waals surface area contributed by atoms with Gasteiger partial charge < -0.3 is 14.4 Å². The van der Waals surface area contributed by atoms with E-state index in [1.54, 1.807) is 17.0 Å². The maximum Gasteiger partial charge on any atom is 0.270 e. The number of benzene rings is 3. The number of morpholine rings is 1. The van der Waals surface area contributed by atoms with Gasteiger partial charge in [0.1, 0.15) is 12.4 Å². The van der Waals surface area contributed by atoms with Crippen molar-refractivity contribution < 1.29 is 19.2 Å². The number of nitro groups is 1. The van der Waals surface area contributed by atoms with Crippen LogP contribution in [0.1, 0.15) is 21.5 Å². The Balaban J connectivity index is 1.48. The van der Waals surface area contributed by atoms with E-state index in [9.17, 15) is 14.9 Å². The van der Waals surface area contributed by atoms with E-state index in [1.807, 2.05) is 54.6 Å². The molecule has 182 valence electrons. The number of amides is 1. The van der Waals surface area contributed by atoms with Crippen molar-refractivity contribution in [3.05, 3.63) is 106 Å². The Morgan fingerprint density at radius 2 is 1.71 bits per heavy atom. The monoisotopic (exact) mass is 475 g/mol. The van der Waals surface area contributed by atoms with Crippen molar-refractivity contribution in [1.29, 1.82) is 0 Å². The van der Waals surface area contributed by atoms with Crippen LogP contribution in [0.4, 0.5) is 5.69 Å². The second-order valence-corrected chi connectivity index (χ2v) is 8.41. The van der Waals surface area contributed by atoms with E-state index in [0.717, 1.165) is 30.0 Å². The highest BCUT2D eigenvalue weighted by Gasteiger charge is 2.20. The Morgan fingerprint density at radius 3 is 2.49 bits per heavy atom. The van der Waals surface area contributed by atoms with E-state index in [0.29, 0.717) is 45.0 Å². The van der Waals surface area contributed by atoms with Crippen molar-refractivity contribution >= 4 is 11.6 Å². The van der Waals surface area contributed by atoms with Crippen LogP contribution in [0.2, 0.25) is 0 Å². The van der Waals surface area contributed by atoms with E-state index < -0.39 is 4.92 Å². The van der Waals surface area contributed by atoms with Crippen molar-refractivity contribution in [2.45, 2.75) is 13.2 Å². The fraction of sp³-hybridized carbons (Fsp3) is 0.296. The van der Waals surface area contributed by atoms with Crippen molar-refractivity contribution in [3.63, 3.8) is 0 Å². The summed E-state index contributed by atoms with van der Waals surface area (Å²) >= 11 is 0. The molecule has 4 rings (SSSR count). The molecule has 8 nitrogen and oxygen atoms in total. The Morgan fingerprint density at radius 1 is 0.971 bits per heavy atom. The molecule has 1 saturated heterocycles. The van der Waals surface area contributed by atoms with Crippen molar-refractivity contribution in [2.75, 3.05) is 39.4 Å². The summed E-state index contributed by atoms with van der Waals surface area (Å²) in [4.78, 5) is 28.2. The molecule has 0 unspecified atom stereocenters. The van der Waals surface area contributed by atoms with Gasteiger partial charge in [-0.1, -0.05) is 48.5 Å². The molecule has 8 heteroatoms. The summed E-state index contributed by atoms with van der Waals surface area (Å²) in [5.74, 6) is 0.486. The van der Waals surface area contributed by atoms with Gasteiger partial charge in [-0.25, -0.2) is 0 Å². The van der Waals surface area contributed by atoms with Crippen molar-refractivity contribution in [3.8, 4) is 5.75 Å². The Kier molecular flexibility index (Phi) is 8.43. The molecule has 0 N–H and O–H groups in total. The lowest BCUT2D eigenvalue weighted by Crippen LogP contribution is -2.42.